The summed E-state index contributed by atoms with van der Waals surface area (Å²) in [6.45, 7) is 9.59. The van der Waals surface area contributed by atoms with Gasteiger partial charge in [0.1, 0.15) is 12.3 Å². The Labute approximate surface area is 236 Å². The lowest BCUT2D eigenvalue weighted by atomic mass is 10.1. The molecule has 0 bridgehead atoms. The zero-order valence-corrected chi connectivity index (χ0v) is 24.4. The lowest BCUT2D eigenvalue weighted by Crippen LogP contribution is -2.39. The molecule has 1 N–H and O–H groups in total. The van der Waals surface area contributed by atoms with Gasteiger partial charge >= 0.3 is 0 Å². The highest BCUT2D eigenvalue weighted by Crippen LogP contribution is 2.26. The van der Waals surface area contributed by atoms with E-state index in [4.69, 9.17) is 4.74 Å². The van der Waals surface area contributed by atoms with E-state index in [1.54, 1.807) is 42.6 Å². The highest BCUT2D eigenvalue weighted by atomic mass is 32.2. The van der Waals surface area contributed by atoms with Gasteiger partial charge in [-0.15, -0.1) is 0 Å². The summed E-state index contributed by atoms with van der Waals surface area (Å²) < 4.78 is 35.5. The summed E-state index contributed by atoms with van der Waals surface area (Å²) in [4.78, 5) is 13.0. The van der Waals surface area contributed by atoms with E-state index >= 15 is 0 Å². The fourth-order valence-corrected chi connectivity index (χ4v) is 5.84. The van der Waals surface area contributed by atoms with E-state index < -0.39 is 22.5 Å². The van der Waals surface area contributed by atoms with Crippen molar-refractivity contribution in [2.75, 3.05) is 18.0 Å². The van der Waals surface area contributed by atoms with Gasteiger partial charge in [-0.2, -0.15) is 5.10 Å². The van der Waals surface area contributed by atoms with E-state index in [1.165, 1.54) is 30.4 Å². The molecule has 208 valence electrons. The zero-order valence-electron chi connectivity index (χ0n) is 23.6. The van der Waals surface area contributed by atoms with Crippen molar-refractivity contribution >= 4 is 27.8 Å². The number of benzene rings is 3. The third-order valence-electron chi connectivity index (χ3n) is 6.87. The van der Waals surface area contributed by atoms with Crippen LogP contribution in [-0.4, -0.2) is 38.8 Å². The Bertz CT molecular complexity index is 1650. The number of sulfonamides is 1. The van der Waals surface area contributed by atoms with Crippen LogP contribution >= 0.6 is 0 Å². The Kier molecular flexibility index (Phi) is 8.44. The summed E-state index contributed by atoms with van der Waals surface area (Å²) in [7, 11) is -2.50. The predicted octanol–water partition coefficient (Wildman–Crippen LogP) is 5.37. The number of rotatable bonds is 9. The van der Waals surface area contributed by atoms with Crippen molar-refractivity contribution in [1.82, 2.24) is 9.99 Å². The molecule has 0 aliphatic carbocycles. The summed E-state index contributed by atoms with van der Waals surface area (Å²) in [5.74, 6) is -0.00500. The average Bonchev–Trinajstić information content (AvgIpc) is 3.21. The molecule has 0 fully saturated rings. The van der Waals surface area contributed by atoms with Crippen molar-refractivity contribution in [1.29, 1.82) is 0 Å². The monoisotopic (exact) mass is 558 g/mol. The predicted molar refractivity (Wildman–Crippen MR) is 159 cm³/mol. The molecule has 9 heteroatoms. The lowest BCUT2D eigenvalue weighted by Gasteiger charge is -2.24. The summed E-state index contributed by atoms with van der Waals surface area (Å²) >= 11 is 0. The summed E-state index contributed by atoms with van der Waals surface area (Å²) in [5, 5.41) is 4.14. The largest absolute Gasteiger partial charge is 0.497 e. The Hall–Kier alpha value is -4.37. The molecule has 1 amide bonds. The van der Waals surface area contributed by atoms with Crippen LogP contribution in [0.5, 0.6) is 5.75 Å². The molecule has 0 aliphatic heterocycles. The molecule has 0 atom stereocenters. The van der Waals surface area contributed by atoms with Gasteiger partial charge in [0.25, 0.3) is 15.9 Å². The maximum absolute atomic E-state index is 13.6. The number of aromatic nitrogens is 1. The fraction of sp³-hybridized carbons (Fsp3) is 0.226. The van der Waals surface area contributed by atoms with E-state index in [2.05, 4.69) is 47.1 Å². The highest BCUT2D eigenvalue weighted by Gasteiger charge is 2.27. The fourth-order valence-electron chi connectivity index (χ4n) is 4.42. The van der Waals surface area contributed by atoms with E-state index in [0.717, 1.165) is 32.5 Å². The first kappa shape index (κ1) is 28.6. The second-order valence-electron chi connectivity index (χ2n) is 9.75. The third-order valence-corrected chi connectivity index (χ3v) is 8.66. The number of hydrogen-bond acceptors (Lipinski definition) is 5. The molecule has 40 heavy (non-hydrogen) atoms. The van der Waals surface area contributed by atoms with Gasteiger partial charge in [-0.05, 0) is 100 Å². The van der Waals surface area contributed by atoms with E-state index in [0.29, 0.717) is 11.4 Å². The van der Waals surface area contributed by atoms with E-state index in [-0.39, 0.29) is 4.90 Å². The molecule has 0 aliphatic rings. The molecule has 1 aromatic heterocycles. The first-order valence-corrected chi connectivity index (χ1v) is 14.3. The molecule has 0 saturated heterocycles. The van der Waals surface area contributed by atoms with Crippen LogP contribution < -0.4 is 14.5 Å². The Morgan fingerprint density at radius 3 is 2.23 bits per heavy atom. The molecule has 0 saturated carbocycles. The normalized spacial score (nSPS) is 11.6. The van der Waals surface area contributed by atoms with Crippen LogP contribution in [0.4, 0.5) is 5.69 Å². The van der Waals surface area contributed by atoms with Gasteiger partial charge in [0.05, 0.1) is 23.9 Å². The number of methoxy groups -OCH3 is 1. The van der Waals surface area contributed by atoms with Crippen LogP contribution in [0.2, 0.25) is 0 Å². The topological polar surface area (TPSA) is 93.0 Å². The minimum absolute atomic E-state index is 0.0870. The molecule has 4 aromatic rings. The van der Waals surface area contributed by atoms with Crippen LogP contribution in [0, 0.1) is 34.6 Å². The number of carbonyl (C=O) groups is 1. The number of hydrazone groups is 1. The van der Waals surface area contributed by atoms with E-state index in [1.807, 2.05) is 26.8 Å². The smallest absolute Gasteiger partial charge is 0.264 e. The van der Waals surface area contributed by atoms with Crippen LogP contribution in [0.3, 0.4) is 0 Å². The van der Waals surface area contributed by atoms with Gasteiger partial charge < -0.3 is 9.30 Å². The number of anilines is 1. The first-order chi connectivity index (χ1) is 19.0. The van der Waals surface area contributed by atoms with Gasteiger partial charge in [-0.1, -0.05) is 23.8 Å². The maximum Gasteiger partial charge on any atom is 0.264 e. The molecule has 3 aromatic carbocycles. The van der Waals surface area contributed by atoms with Crippen molar-refractivity contribution in [2.24, 2.45) is 5.10 Å². The van der Waals surface area contributed by atoms with Gasteiger partial charge in [-0.3, -0.25) is 9.10 Å². The van der Waals surface area contributed by atoms with Crippen molar-refractivity contribution in [3.8, 4) is 11.4 Å². The van der Waals surface area contributed by atoms with Gasteiger partial charge in [-0.25, -0.2) is 13.8 Å². The minimum Gasteiger partial charge on any atom is -0.497 e. The van der Waals surface area contributed by atoms with Crippen LogP contribution in [0.25, 0.3) is 5.69 Å². The number of hydrogen-bond donors (Lipinski definition) is 1. The quantitative estimate of drug-likeness (QED) is 0.221. The number of nitrogens with zero attached hydrogens (tertiary/aromatic N) is 3. The average molecular weight is 559 g/mol. The second-order valence-corrected chi connectivity index (χ2v) is 11.6. The molecular weight excluding hydrogens is 524 g/mol. The van der Waals surface area contributed by atoms with Crippen molar-refractivity contribution < 1.29 is 17.9 Å². The Balaban J connectivity index is 1.56. The molecule has 8 nitrogen and oxygen atoms in total. The lowest BCUT2D eigenvalue weighted by molar-refractivity contribution is -0.119. The molecule has 0 unspecified atom stereocenters. The van der Waals surface area contributed by atoms with Crippen molar-refractivity contribution in [2.45, 2.75) is 39.5 Å². The number of nitrogens with one attached hydrogen (secondary N) is 1. The third kappa shape index (κ3) is 6.10. The van der Waals surface area contributed by atoms with Crippen LogP contribution in [0.1, 0.15) is 33.6 Å². The summed E-state index contributed by atoms with van der Waals surface area (Å²) in [6.07, 6.45) is 1.57. The van der Waals surface area contributed by atoms with E-state index in [9.17, 15) is 13.2 Å². The summed E-state index contributed by atoms with van der Waals surface area (Å²) in [5.41, 5.74) is 10.1. The number of aryl methyl sites for hydroxylation is 4. The first-order valence-electron chi connectivity index (χ1n) is 12.8. The molecule has 0 radical (unpaired) electrons. The van der Waals surface area contributed by atoms with Gasteiger partial charge in [0.15, 0.2) is 0 Å². The SMILES string of the molecule is COc1ccc(N(CC(=O)N/N=C\c2cc(C)n(-c3ccc(C)c(C)c3)c2C)S(=O)(=O)c2ccc(C)cc2)cc1. The minimum atomic E-state index is -4.03. The number of ether oxygens (including phenoxy) is 1. The molecule has 1 heterocycles. The van der Waals surface area contributed by atoms with Crippen LogP contribution in [-0.2, 0) is 14.8 Å². The van der Waals surface area contributed by atoms with Crippen molar-refractivity contribution in [3.05, 3.63) is 106 Å². The van der Waals surface area contributed by atoms with Crippen LogP contribution in [0.15, 0.2) is 82.8 Å². The molecule has 4 rings (SSSR count). The number of amides is 1. The standard InChI is InChI=1S/C31H34N4O4S/c1-21-7-15-30(16-8-21)40(37,38)34(27-11-13-29(39-6)14-12-27)20-31(36)33-32-19-26-18-24(4)35(25(26)5)28-10-9-22(2)23(3)17-28/h7-19H,20H2,1-6H3,(H,33,36)/b32-19-. The molecular formula is C31H34N4O4S. The molecule has 0 spiro atoms. The highest BCUT2D eigenvalue weighted by molar-refractivity contribution is 7.92. The second kappa shape index (κ2) is 11.8. The van der Waals surface area contributed by atoms with Crippen molar-refractivity contribution in [3.63, 3.8) is 0 Å². The van der Waals surface area contributed by atoms with Gasteiger partial charge in [0, 0.05) is 22.6 Å². The summed E-state index contributed by atoms with van der Waals surface area (Å²) in [6, 6.07) is 21.3. The van der Waals surface area contributed by atoms with Gasteiger partial charge in [0.2, 0.25) is 0 Å². The zero-order chi connectivity index (χ0) is 29.0. The Morgan fingerprint density at radius 2 is 1.60 bits per heavy atom. The Morgan fingerprint density at radius 1 is 0.925 bits per heavy atom. The maximum atomic E-state index is 13.6. The number of carbonyl (C=O) groups excluding carboxylic acids is 1.